The molecule has 0 spiro atoms. The third kappa shape index (κ3) is 4.87. The maximum absolute atomic E-state index is 11.7. The molecule has 0 aliphatic rings. The fourth-order valence-electron chi connectivity index (χ4n) is 2.13. The van der Waals surface area contributed by atoms with Crippen molar-refractivity contribution in [1.82, 2.24) is 19.7 Å². The molecular formula is C16H17ClN4O2S2. The molecule has 2 aromatic heterocycles. The Morgan fingerprint density at radius 3 is 2.92 bits per heavy atom. The zero-order valence-electron chi connectivity index (χ0n) is 13.6. The fourth-order valence-corrected chi connectivity index (χ4v) is 3.93. The summed E-state index contributed by atoms with van der Waals surface area (Å²) in [6, 6.07) is 7.25. The predicted octanol–water partition coefficient (Wildman–Crippen LogP) is 3.96. The maximum Gasteiger partial charge on any atom is 0.343 e. The second kappa shape index (κ2) is 8.55. The van der Waals surface area contributed by atoms with E-state index in [2.05, 4.69) is 15.2 Å². The van der Waals surface area contributed by atoms with Gasteiger partial charge in [-0.2, -0.15) is 0 Å². The molecule has 6 nitrogen and oxygen atoms in total. The highest BCUT2D eigenvalue weighted by Gasteiger charge is 2.10. The van der Waals surface area contributed by atoms with E-state index in [1.165, 1.54) is 11.8 Å². The van der Waals surface area contributed by atoms with E-state index in [9.17, 15) is 4.79 Å². The summed E-state index contributed by atoms with van der Waals surface area (Å²) in [6.45, 7) is 3.11. The van der Waals surface area contributed by atoms with E-state index in [0.717, 1.165) is 22.9 Å². The van der Waals surface area contributed by atoms with E-state index in [1.54, 1.807) is 28.0 Å². The minimum absolute atomic E-state index is 0.167. The summed E-state index contributed by atoms with van der Waals surface area (Å²) in [5.41, 5.74) is 0.780. The number of thiazole rings is 1. The van der Waals surface area contributed by atoms with Crippen molar-refractivity contribution >= 4 is 34.7 Å². The minimum Gasteiger partial charge on any atom is -0.486 e. The molecule has 0 bridgehead atoms. The van der Waals surface area contributed by atoms with Gasteiger partial charge in [-0.3, -0.25) is 4.57 Å². The second-order valence-electron chi connectivity index (χ2n) is 5.23. The molecular weight excluding hydrogens is 380 g/mol. The molecule has 0 aliphatic carbocycles. The number of nitrogens with one attached hydrogen (secondary N) is 1. The lowest BCUT2D eigenvalue weighted by Crippen LogP contribution is -2.17. The number of thioether (sulfide) groups is 1. The quantitative estimate of drug-likeness (QED) is 0.583. The van der Waals surface area contributed by atoms with E-state index in [-0.39, 0.29) is 5.69 Å². The number of aromatic amines is 1. The molecule has 3 rings (SSSR count). The number of rotatable bonds is 8. The molecule has 0 atom stereocenters. The van der Waals surface area contributed by atoms with Crippen LogP contribution in [0.5, 0.6) is 5.75 Å². The lowest BCUT2D eigenvalue weighted by molar-refractivity contribution is 0.305. The molecule has 0 fully saturated rings. The van der Waals surface area contributed by atoms with Crippen LogP contribution in [0.15, 0.2) is 39.6 Å². The van der Waals surface area contributed by atoms with Crippen LogP contribution in [0.25, 0.3) is 0 Å². The van der Waals surface area contributed by atoms with E-state index >= 15 is 0 Å². The highest BCUT2D eigenvalue weighted by Crippen LogP contribution is 2.22. The number of aromatic nitrogens is 4. The van der Waals surface area contributed by atoms with Gasteiger partial charge in [0.25, 0.3) is 0 Å². The Morgan fingerprint density at radius 2 is 2.16 bits per heavy atom. The molecule has 25 heavy (non-hydrogen) atoms. The topological polar surface area (TPSA) is 72.8 Å². The molecule has 0 radical (unpaired) electrons. The Morgan fingerprint density at radius 1 is 1.36 bits per heavy atom. The van der Waals surface area contributed by atoms with Gasteiger partial charge < -0.3 is 4.74 Å². The zero-order chi connectivity index (χ0) is 17.6. The minimum atomic E-state index is -0.167. The largest absolute Gasteiger partial charge is 0.486 e. The van der Waals surface area contributed by atoms with Gasteiger partial charge in [-0.05, 0) is 30.7 Å². The first-order valence-electron chi connectivity index (χ1n) is 7.75. The monoisotopic (exact) mass is 396 g/mol. The van der Waals surface area contributed by atoms with Crippen molar-refractivity contribution in [3.05, 3.63) is 55.9 Å². The van der Waals surface area contributed by atoms with Crippen molar-refractivity contribution in [2.24, 2.45) is 0 Å². The summed E-state index contributed by atoms with van der Waals surface area (Å²) in [5.74, 6) is 1.42. The molecule has 0 aliphatic heterocycles. The summed E-state index contributed by atoms with van der Waals surface area (Å²) in [7, 11) is 0. The summed E-state index contributed by atoms with van der Waals surface area (Å²) in [4.78, 5) is 16.2. The average Bonchev–Trinajstić information content (AvgIpc) is 3.20. The standard InChI is InChI=1S/C16H17ClN4O2S2/c1-2-7-21-15(22)19-20-16(21)25-10-12-9-24-14(18-12)8-23-13-5-3-11(17)4-6-13/h3-6,9H,2,7-8,10H2,1H3,(H,19,22). The van der Waals surface area contributed by atoms with Gasteiger partial charge in [0.05, 0.1) is 5.69 Å². The van der Waals surface area contributed by atoms with Crippen LogP contribution in [-0.2, 0) is 18.9 Å². The number of halogens is 1. The van der Waals surface area contributed by atoms with Gasteiger partial charge in [-0.25, -0.2) is 14.9 Å². The molecule has 9 heteroatoms. The first-order valence-corrected chi connectivity index (χ1v) is 9.99. The van der Waals surface area contributed by atoms with Crippen molar-refractivity contribution in [2.75, 3.05) is 0 Å². The lowest BCUT2D eigenvalue weighted by atomic mass is 10.3. The summed E-state index contributed by atoms with van der Waals surface area (Å²) in [6.07, 6.45) is 0.885. The van der Waals surface area contributed by atoms with E-state index in [0.29, 0.717) is 29.1 Å². The summed E-state index contributed by atoms with van der Waals surface area (Å²) in [5, 5.41) is 10.8. The Bertz CT molecular complexity index is 873. The van der Waals surface area contributed by atoms with Crippen LogP contribution in [0.2, 0.25) is 5.02 Å². The second-order valence-corrected chi connectivity index (χ2v) is 7.55. The van der Waals surface area contributed by atoms with Crippen LogP contribution in [0.4, 0.5) is 0 Å². The van der Waals surface area contributed by atoms with E-state index < -0.39 is 0 Å². The maximum atomic E-state index is 11.7. The van der Waals surface area contributed by atoms with Gasteiger partial charge in [0, 0.05) is 22.7 Å². The van der Waals surface area contributed by atoms with Crippen LogP contribution in [0, 0.1) is 0 Å². The van der Waals surface area contributed by atoms with Crippen LogP contribution >= 0.6 is 34.7 Å². The molecule has 0 unspecified atom stereocenters. The Kier molecular flexibility index (Phi) is 6.17. The highest BCUT2D eigenvalue weighted by molar-refractivity contribution is 7.98. The number of nitrogens with zero attached hydrogens (tertiary/aromatic N) is 3. The van der Waals surface area contributed by atoms with Crippen LogP contribution in [0.3, 0.4) is 0 Å². The normalized spacial score (nSPS) is 11.0. The SMILES string of the molecule is CCCn1c(SCc2csc(COc3ccc(Cl)cc3)n2)n[nH]c1=O. The number of benzene rings is 1. The van der Waals surface area contributed by atoms with Crippen molar-refractivity contribution in [3.63, 3.8) is 0 Å². The molecule has 0 saturated carbocycles. The third-order valence-electron chi connectivity index (χ3n) is 3.29. The van der Waals surface area contributed by atoms with Gasteiger partial charge in [0.2, 0.25) is 0 Å². The van der Waals surface area contributed by atoms with E-state index in [4.69, 9.17) is 16.3 Å². The molecule has 1 aromatic carbocycles. The van der Waals surface area contributed by atoms with Gasteiger partial charge in [-0.1, -0.05) is 30.3 Å². The van der Waals surface area contributed by atoms with Gasteiger partial charge >= 0.3 is 5.69 Å². The van der Waals surface area contributed by atoms with Gasteiger partial charge in [0.15, 0.2) is 5.16 Å². The molecule has 132 valence electrons. The number of hydrogen-bond acceptors (Lipinski definition) is 6. The highest BCUT2D eigenvalue weighted by atomic mass is 35.5. The zero-order valence-corrected chi connectivity index (χ0v) is 16.0. The van der Waals surface area contributed by atoms with Crippen molar-refractivity contribution in [1.29, 1.82) is 0 Å². The van der Waals surface area contributed by atoms with Gasteiger partial charge in [0.1, 0.15) is 17.4 Å². The van der Waals surface area contributed by atoms with Crippen molar-refractivity contribution in [3.8, 4) is 5.75 Å². The molecule has 2 heterocycles. The molecule has 0 amide bonds. The molecule has 3 aromatic rings. The van der Waals surface area contributed by atoms with Crippen LogP contribution in [0.1, 0.15) is 24.0 Å². The predicted molar refractivity (Wildman–Crippen MR) is 101 cm³/mol. The van der Waals surface area contributed by atoms with Crippen molar-refractivity contribution < 1.29 is 4.74 Å². The molecule has 0 saturated heterocycles. The first kappa shape index (κ1) is 18.0. The van der Waals surface area contributed by atoms with Crippen LogP contribution < -0.4 is 10.4 Å². The van der Waals surface area contributed by atoms with Gasteiger partial charge in [-0.15, -0.1) is 16.4 Å². The fraction of sp³-hybridized carbons (Fsp3) is 0.312. The third-order valence-corrected chi connectivity index (χ3v) is 5.43. The summed E-state index contributed by atoms with van der Waals surface area (Å²) >= 11 is 8.91. The average molecular weight is 397 g/mol. The Hall–Kier alpha value is -1.77. The smallest absolute Gasteiger partial charge is 0.343 e. The number of ether oxygens (including phenoxy) is 1. The van der Waals surface area contributed by atoms with Crippen molar-refractivity contribution in [2.45, 2.75) is 37.4 Å². The van der Waals surface area contributed by atoms with Crippen LogP contribution in [-0.4, -0.2) is 19.7 Å². The number of H-pyrrole nitrogens is 1. The number of hydrogen-bond donors (Lipinski definition) is 1. The van der Waals surface area contributed by atoms with E-state index in [1.807, 2.05) is 24.4 Å². The first-order chi connectivity index (χ1) is 12.2. The Balaban J connectivity index is 1.55. The molecule has 1 N–H and O–H groups in total. The summed E-state index contributed by atoms with van der Waals surface area (Å²) < 4.78 is 7.35. The lowest BCUT2D eigenvalue weighted by Gasteiger charge is -2.03. The Labute approximate surface area is 158 Å².